The molecule has 1 aliphatic rings. The van der Waals surface area contributed by atoms with Gasteiger partial charge in [-0.25, -0.2) is 9.59 Å². The molecule has 1 amide bonds. The maximum Gasteiger partial charge on any atom is 0.409 e. The molecule has 0 unspecified atom stereocenters. The number of carboxylic acid groups (broad SMARTS) is 1. The molecule has 1 aromatic heterocycles. The number of aromatic carboxylic acids is 1. The maximum absolute atomic E-state index is 11.5. The molecule has 0 aromatic carbocycles. The van der Waals surface area contributed by atoms with E-state index in [1.165, 1.54) is 6.07 Å². The zero-order valence-corrected chi connectivity index (χ0v) is 11.2. The van der Waals surface area contributed by atoms with E-state index in [2.05, 4.69) is 10.1 Å². The number of rotatable bonds is 4. The average molecular weight is 283 g/mol. The molecule has 110 valence electrons. The van der Waals surface area contributed by atoms with E-state index < -0.39 is 5.97 Å². The van der Waals surface area contributed by atoms with Gasteiger partial charge in [0.25, 0.3) is 0 Å². The van der Waals surface area contributed by atoms with E-state index in [-0.39, 0.29) is 11.8 Å². The molecule has 0 aliphatic carbocycles. The van der Waals surface area contributed by atoms with E-state index >= 15 is 0 Å². The van der Waals surface area contributed by atoms with E-state index in [9.17, 15) is 9.59 Å². The van der Waals surface area contributed by atoms with Crippen molar-refractivity contribution in [2.45, 2.75) is 13.5 Å². The zero-order chi connectivity index (χ0) is 14.5. The van der Waals surface area contributed by atoms with E-state index in [0.29, 0.717) is 45.1 Å². The van der Waals surface area contributed by atoms with Crippen LogP contribution in [0.15, 0.2) is 10.6 Å². The van der Waals surface area contributed by atoms with Crippen LogP contribution in [-0.2, 0) is 11.3 Å². The summed E-state index contributed by atoms with van der Waals surface area (Å²) in [5.74, 6) is -0.598. The molecule has 1 aliphatic heterocycles. The lowest BCUT2D eigenvalue weighted by Crippen LogP contribution is -2.48. The molecule has 20 heavy (non-hydrogen) atoms. The Balaban J connectivity index is 1.82. The Hall–Kier alpha value is -2.09. The van der Waals surface area contributed by atoms with Gasteiger partial charge in [0.1, 0.15) is 0 Å². The molecule has 0 atom stereocenters. The van der Waals surface area contributed by atoms with Crippen LogP contribution in [0, 0.1) is 0 Å². The minimum atomic E-state index is -1.10. The lowest BCUT2D eigenvalue weighted by molar-refractivity contribution is 0.0685. The van der Waals surface area contributed by atoms with Gasteiger partial charge in [-0.2, -0.15) is 0 Å². The van der Waals surface area contributed by atoms with Gasteiger partial charge in [-0.1, -0.05) is 5.16 Å². The standard InChI is InChI=1S/C12H17N3O5/c1-2-19-12(18)15-5-3-14(4-6-15)8-9-7-10(11(16)17)13-20-9/h7H,2-6,8H2,1H3,(H,16,17). The predicted octanol–water partition coefficient (Wildman–Crippen LogP) is 0.647. The topological polar surface area (TPSA) is 96.1 Å². The summed E-state index contributed by atoms with van der Waals surface area (Å²) >= 11 is 0. The highest BCUT2D eigenvalue weighted by Gasteiger charge is 2.23. The van der Waals surface area contributed by atoms with Gasteiger partial charge >= 0.3 is 12.1 Å². The molecule has 0 saturated carbocycles. The summed E-state index contributed by atoms with van der Waals surface area (Å²) in [5, 5.41) is 12.2. The second-order valence-electron chi connectivity index (χ2n) is 4.45. The van der Waals surface area contributed by atoms with Crippen LogP contribution < -0.4 is 0 Å². The van der Waals surface area contributed by atoms with Gasteiger partial charge in [0.05, 0.1) is 13.2 Å². The maximum atomic E-state index is 11.5. The number of nitrogens with zero attached hydrogens (tertiary/aromatic N) is 3. The molecule has 1 fully saturated rings. The second kappa shape index (κ2) is 6.38. The Morgan fingerprint density at radius 3 is 2.65 bits per heavy atom. The lowest BCUT2D eigenvalue weighted by Gasteiger charge is -2.33. The highest BCUT2D eigenvalue weighted by Crippen LogP contribution is 2.10. The van der Waals surface area contributed by atoms with Gasteiger partial charge < -0.3 is 19.3 Å². The van der Waals surface area contributed by atoms with E-state index in [4.69, 9.17) is 14.4 Å². The van der Waals surface area contributed by atoms with E-state index in [1.54, 1.807) is 11.8 Å². The summed E-state index contributed by atoms with van der Waals surface area (Å²) in [5.41, 5.74) is -0.0924. The zero-order valence-electron chi connectivity index (χ0n) is 11.2. The molecular formula is C12H17N3O5. The number of carbonyl (C=O) groups is 2. The third kappa shape index (κ3) is 3.47. The molecule has 2 rings (SSSR count). The Labute approximate surface area is 115 Å². The fraction of sp³-hybridized carbons (Fsp3) is 0.583. The Kier molecular flexibility index (Phi) is 4.57. The monoisotopic (exact) mass is 283 g/mol. The molecule has 1 aromatic rings. The van der Waals surface area contributed by atoms with Crippen LogP contribution in [0.25, 0.3) is 0 Å². The van der Waals surface area contributed by atoms with Gasteiger partial charge in [0.2, 0.25) is 0 Å². The van der Waals surface area contributed by atoms with Crippen LogP contribution in [0.4, 0.5) is 4.79 Å². The van der Waals surface area contributed by atoms with Crippen molar-refractivity contribution in [3.05, 3.63) is 17.5 Å². The highest BCUT2D eigenvalue weighted by atomic mass is 16.6. The minimum Gasteiger partial charge on any atom is -0.476 e. The number of aromatic nitrogens is 1. The molecule has 8 heteroatoms. The van der Waals surface area contributed by atoms with Crippen LogP contribution in [-0.4, -0.2) is 64.9 Å². The van der Waals surface area contributed by atoms with E-state index in [0.717, 1.165) is 0 Å². The highest BCUT2D eigenvalue weighted by molar-refractivity contribution is 5.85. The normalized spacial score (nSPS) is 16.1. The molecular weight excluding hydrogens is 266 g/mol. The SMILES string of the molecule is CCOC(=O)N1CCN(Cc2cc(C(=O)O)no2)CC1. The fourth-order valence-electron chi connectivity index (χ4n) is 2.01. The van der Waals surface area contributed by atoms with Gasteiger partial charge in [-0.3, -0.25) is 4.90 Å². The van der Waals surface area contributed by atoms with Crippen molar-refractivity contribution in [3.8, 4) is 0 Å². The molecule has 8 nitrogen and oxygen atoms in total. The fourth-order valence-corrected chi connectivity index (χ4v) is 2.01. The molecule has 0 bridgehead atoms. The largest absolute Gasteiger partial charge is 0.476 e. The number of ether oxygens (including phenoxy) is 1. The summed E-state index contributed by atoms with van der Waals surface area (Å²) in [7, 11) is 0. The van der Waals surface area contributed by atoms with Crippen LogP contribution in [0.3, 0.4) is 0 Å². The Bertz CT molecular complexity index is 479. The third-order valence-electron chi connectivity index (χ3n) is 3.06. The summed E-state index contributed by atoms with van der Waals surface area (Å²) < 4.78 is 9.90. The Morgan fingerprint density at radius 2 is 2.10 bits per heavy atom. The van der Waals surface area contributed by atoms with Crippen LogP contribution in [0.1, 0.15) is 23.2 Å². The van der Waals surface area contributed by atoms with Crippen molar-refractivity contribution < 1.29 is 24.0 Å². The van der Waals surface area contributed by atoms with Crippen molar-refractivity contribution in [3.63, 3.8) is 0 Å². The number of hydrogen-bond donors (Lipinski definition) is 1. The number of carboxylic acids is 1. The Morgan fingerprint density at radius 1 is 1.40 bits per heavy atom. The van der Waals surface area contributed by atoms with Gasteiger partial charge in [0, 0.05) is 32.2 Å². The first-order chi connectivity index (χ1) is 9.60. The summed E-state index contributed by atoms with van der Waals surface area (Å²) in [6.45, 7) is 5.16. The van der Waals surface area contributed by atoms with Crippen LogP contribution in [0.5, 0.6) is 0 Å². The molecule has 0 radical (unpaired) electrons. The first kappa shape index (κ1) is 14.3. The summed E-state index contributed by atoms with van der Waals surface area (Å²) in [6.07, 6.45) is -0.292. The number of piperazine rings is 1. The number of carbonyl (C=O) groups excluding carboxylic acids is 1. The molecule has 1 saturated heterocycles. The second-order valence-corrected chi connectivity index (χ2v) is 4.45. The van der Waals surface area contributed by atoms with Crippen molar-refractivity contribution in [1.29, 1.82) is 0 Å². The van der Waals surface area contributed by atoms with Crippen LogP contribution in [0.2, 0.25) is 0 Å². The minimum absolute atomic E-state index is 0.0924. The summed E-state index contributed by atoms with van der Waals surface area (Å²) in [4.78, 5) is 26.0. The number of amides is 1. The molecule has 0 spiro atoms. The lowest BCUT2D eigenvalue weighted by atomic mass is 10.3. The van der Waals surface area contributed by atoms with Crippen molar-refractivity contribution >= 4 is 12.1 Å². The van der Waals surface area contributed by atoms with E-state index in [1.807, 2.05) is 0 Å². The average Bonchev–Trinajstić information content (AvgIpc) is 2.88. The third-order valence-corrected chi connectivity index (χ3v) is 3.06. The smallest absolute Gasteiger partial charge is 0.409 e. The molecule has 2 heterocycles. The first-order valence-corrected chi connectivity index (χ1v) is 6.43. The first-order valence-electron chi connectivity index (χ1n) is 6.43. The molecule has 1 N–H and O–H groups in total. The predicted molar refractivity (Wildman–Crippen MR) is 67.3 cm³/mol. The van der Waals surface area contributed by atoms with Crippen molar-refractivity contribution in [2.75, 3.05) is 32.8 Å². The van der Waals surface area contributed by atoms with Crippen molar-refractivity contribution in [1.82, 2.24) is 15.0 Å². The van der Waals surface area contributed by atoms with Gasteiger partial charge in [0.15, 0.2) is 11.5 Å². The van der Waals surface area contributed by atoms with Gasteiger partial charge in [-0.05, 0) is 6.92 Å². The van der Waals surface area contributed by atoms with Gasteiger partial charge in [-0.15, -0.1) is 0 Å². The quantitative estimate of drug-likeness (QED) is 0.866. The summed E-state index contributed by atoms with van der Waals surface area (Å²) in [6, 6.07) is 1.42. The number of hydrogen-bond acceptors (Lipinski definition) is 6. The van der Waals surface area contributed by atoms with Crippen LogP contribution >= 0.6 is 0 Å². The van der Waals surface area contributed by atoms with Crippen molar-refractivity contribution in [2.24, 2.45) is 0 Å².